The highest BCUT2D eigenvalue weighted by Gasteiger charge is 2.15. The molecule has 5 nitrogen and oxygen atoms in total. The summed E-state index contributed by atoms with van der Waals surface area (Å²) in [5, 5.41) is 15.2. The first-order valence-electron chi connectivity index (χ1n) is 6.34. The summed E-state index contributed by atoms with van der Waals surface area (Å²) in [5.41, 5.74) is 2.85. The topological polar surface area (TPSA) is 68.1 Å². The van der Waals surface area contributed by atoms with Crippen LogP contribution in [0.5, 0.6) is 0 Å². The van der Waals surface area contributed by atoms with E-state index in [1.807, 2.05) is 27.7 Å². The lowest BCUT2D eigenvalue weighted by molar-refractivity contribution is -0.384. The molecule has 0 aliphatic carbocycles. The maximum atomic E-state index is 10.8. The number of thiazole rings is 1. The Balaban J connectivity index is 2.27. The molecule has 0 aliphatic rings. The SMILES string of the molecule is Cc1nc(C(C)Nc2cc([N+](=O)[O-])ccc2C)c(C)s1. The third-order valence-electron chi connectivity index (χ3n) is 3.15. The van der Waals surface area contributed by atoms with E-state index >= 15 is 0 Å². The number of anilines is 1. The minimum atomic E-state index is -0.381. The number of hydrogen-bond acceptors (Lipinski definition) is 5. The summed E-state index contributed by atoms with van der Waals surface area (Å²) in [6, 6.07) is 4.86. The van der Waals surface area contributed by atoms with Crippen molar-refractivity contribution in [3.8, 4) is 0 Å². The Labute approximate surface area is 121 Å². The van der Waals surface area contributed by atoms with Crippen molar-refractivity contribution in [1.82, 2.24) is 4.98 Å². The number of benzene rings is 1. The number of aromatic nitrogens is 1. The van der Waals surface area contributed by atoms with Crippen LogP contribution in [0.2, 0.25) is 0 Å². The number of aryl methyl sites for hydroxylation is 3. The lowest BCUT2D eigenvalue weighted by atomic mass is 10.1. The third-order valence-corrected chi connectivity index (χ3v) is 4.06. The van der Waals surface area contributed by atoms with Crippen LogP contribution in [0.25, 0.3) is 0 Å². The van der Waals surface area contributed by atoms with Crippen LogP contribution in [0.1, 0.15) is 34.1 Å². The molecule has 0 amide bonds. The van der Waals surface area contributed by atoms with Gasteiger partial charge < -0.3 is 5.32 Å². The highest BCUT2D eigenvalue weighted by molar-refractivity contribution is 7.11. The average molecular weight is 291 g/mol. The largest absolute Gasteiger partial charge is 0.376 e. The van der Waals surface area contributed by atoms with E-state index in [4.69, 9.17) is 0 Å². The average Bonchev–Trinajstić information content (AvgIpc) is 2.71. The molecule has 2 aromatic rings. The molecule has 0 aliphatic heterocycles. The molecular formula is C14H17N3O2S. The van der Waals surface area contributed by atoms with Gasteiger partial charge in [0.15, 0.2) is 0 Å². The zero-order chi connectivity index (χ0) is 14.9. The van der Waals surface area contributed by atoms with Crippen molar-refractivity contribution in [1.29, 1.82) is 0 Å². The number of nitro benzene ring substituents is 1. The molecule has 1 N–H and O–H groups in total. The summed E-state index contributed by atoms with van der Waals surface area (Å²) < 4.78 is 0. The van der Waals surface area contributed by atoms with Crippen molar-refractivity contribution in [2.24, 2.45) is 0 Å². The minimum absolute atomic E-state index is 0.0145. The number of nitro groups is 1. The Kier molecular flexibility index (Phi) is 4.04. The highest BCUT2D eigenvalue weighted by atomic mass is 32.1. The van der Waals surface area contributed by atoms with E-state index in [0.29, 0.717) is 0 Å². The van der Waals surface area contributed by atoms with Gasteiger partial charge in [0, 0.05) is 22.7 Å². The van der Waals surface area contributed by atoms with Crippen LogP contribution in [0.15, 0.2) is 18.2 Å². The number of nitrogens with zero attached hydrogens (tertiary/aromatic N) is 2. The molecule has 2 rings (SSSR count). The van der Waals surface area contributed by atoms with Gasteiger partial charge in [-0.2, -0.15) is 0 Å². The number of non-ortho nitro benzene ring substituents is 1. The normalized spacial score (nSPS) is 12.2. The highest BCUT2D eigenvalue weighted by Crippen LogP contribution is 2.28. The molecule has 1 aromatic carbocycles. The van der Waals surface area contributed by atoms with Gasteiger partial charge >= 0.3 is 0 Å². The predicted octanol–water partition coefficient (Wildman–Crippen LogP) is 4.15. The molecule has 1 atom stereocenters. The van der Waals surface area contributed by atoms with Crippen LogP contribution in [0.3, 0.4) is 0 Å². The summed E-state index contributed by atoms with van der Waals surface area (Å²) in [6.45, 7) is 7.96. The zero-order valence-electron chi connectivity index (χ0n) is 11.9. The van der Waals surface area contributed by atoms with Gasteiger partial charge in [-0.25, -0.2) is 4.98 Å². The first-order valence-corrected chi connectivity index (χ1v) is 7.15. The Hall–Kier alpha value is -1.95. The van der Waals surface area contributed by atoms with Crippen LogP contribution < -0.4 is 5.32 Å². The van der Waals surface area contributed by atoms with Crippen molar-refractivity contribution >= 4 is 22.7 Å². The predicted molar refractivity (Wildman–Crippen MR) is 81.5 cm³/mol. The summed E-state index contributed by atoms with van der Waals surface area (Å²) in [6.07, 6.45) is 0. The zero-order valence-corrected chi connectivity index (χ0v) is 12.7. The van der Waals surface area contributed by atoms with E-state index in [1.165, 1.54) is 10.9 Å². The molecule has 0 radical (unpaired) electrons. The molecule has 0 spiro atoms. The fraction of sp³-hybridized carbons (Fsp3) is 0.357. The van der Waals surface area contributed by atoms with Crippen molar-refractivity contribution in [2.45, 2.75) is 33.7 Å². The van der Waals surface area contributed by atoms with Crippen molar-refractivity contribution in [3.05, 3.63) is 49.5 Å². The molecule has 0 saturated carbocycles. The quantitative estimate of drug-likeness (QED) is 0.678. The van der Waals surface area contributed by atoms with E-state index in [-0.39, 0.29) is 16.7 Å². The van der Waals surface area contributed by atoms with Gasteiger partial charge in [0.25, 0.3) is 5.69 Å². The summed E-state index contributed by atoms with van der Waals surface area (Å²) in [4.78, 5) is 16.2. The van der Waals surface area contributed by atoms with Gasteiger partial charge in [-0.1, -0.05) is 6.07 Å². The van der Waals surface area contributed by atoms with Crippen LogP contribution in [-0.2, 0) is 0 Å². The molecule has 1 aromatic heterocycles. The molecule has 1 heterocycles. The maximum absolute atomic E-state index is 10.8. The molecule has 0 bridgehead atoms. The molecule has 106 valence electrons. The van der Waals surface area contributed by atoms with Crippen LogP contribution >= 0.6 is 11.3 Å². The van der Waals surface area contributed by atoms with Crippen LogP contribution in [0, 0.1) is 30.9 Å². The van der Waals surface area contributed by atoms with E-state index < -0.39 is 0 Å². The fourth-order valence-corrected chi connectivity index (χ4v) is 3.04. The van der Waals surface area contributed by atoms with Crippen LogP contribution in [0.4, 0.5) is 11.4 Å². The number of rotatable bonds is 4. The number of hydrogen-bond donors (Lipinski definition) is 1. The Morgan fingerprint density at radius 1 is 1.35 bits per heavy atom. The van der Waals surface area contributed by atoms with E-state index in [1.54, 1.807) is 23.5 Å². The van der Waals surface area contributed by atoms with Gasteiger partial charge in [-0.15, -0.1) is 11.3 Å². The smallest absolute Gasteiger partial charge is 0.271 e. The third kappa shape index (κ3) is 2.96. The van der Waals surface area contributed by atoms with Crippen LogP contribution in [-0.4, -0.2) is 9.91 Å². The van der Waals surface area contributed by atoms with Crippen molar-refractivity contribution < 1.29 is 4.92 Å². The van der Waals surface area contributed by atoms with E-state index in [9.17, 15) is 10.1 Å². The second-order valence-corrected chi connectivity index (χ2v) is 6.20. The Morgan fingerprint density at radius 3 is 2.60 bits per heavy atom. The summed E-state index contributed by atoms with van der Waals surface area (Å²) in [7, 11) is 0. The van der Waals surface area contributed by atoms with Gasteiger partial charge in [0.1, 0.15) is 0 Å². The van der Waals surface area contributed by atoms with Crippen molar-refractivity contribution in [3.63, 3.8) is 0 Å². The molecule has 0 saturated heterocycles. The number of nitrogens with one attached hydrogen (secondary N) is 1. The lowest BCUT2D eigenvalue weighted by Gasteiger charge is -2.16. The standard InChI is InChI=1S/C14H17N3O2S/c1-8-5-6-12(17(18)19)7-13(8)15-9(2)14-10(3)20-11(4)16-14/h5-7,9,15H,1-4H3. The van der Waals surface area contributed by atoms with E-state index in [0.717, 1.165) is 22.0 Å². The molecule has 6 heteroatoms. The Morgan fingerprint density at radius 2 is 2.05 bits per heavy atom. The first-order chi connectivity index (χ1) is 9.38. The summed E-state index contributed by atoms with van der Waals surface area (Å²) in [5.74, 6) is 0. The second-order valence-electron chi connectivity index (χ2n) is 4.80. The fourth-order valence-electron chi connectivity index (χ4n) is 2.13. The summed E-state index contributed by atoms with van der Waals surface area (Å²) >= 11 is 1.66. The second kappa shape index (κ2) is 5.58. The van der Waals surface area contributed by atoms with Crippen molar-refractivity contribution in [2.75, 3.05) is 5.32 Å². The Bertz CT molecular complexity index is 652. The lowest BCUT2D eigenvalue weighted by Crippen LogP contribution is -2.09. The monoisotopic (exact) mass is 291 g/mol. The first kappa shape index (κ1) is 14.5. The van der Waals surface area contributed by atoms with Gasteiger partial charge in [0.05, 0.1) is 21.7 Å². The molecule has 0 fully saturated rings. The molecular weight excluding hydrogens is 274 g/mol. The van der Waals surface area contributed by atoms with E-state index in [2.05, 4.69) is 10.3 Å². The molecule has 1 unspecified atom stereocenters. The maximum Gasteiger partial charge on any atom is 0.271 e. The minimum Gasteiger partial charge on any atom is -0.376 e. The van der Waals surface area contributed by atoms with Gasteiger partial charge in [-0.3, -0.25) is 10.1 Å². The van der Waals surface area contributed by atoms with Gasteiger partial charge in [-0.05, 0) is 33.3 Å². The molecule has 20 heavy (non-hydrogen) atoms. The van der Waals surface area contributed by atoms with Gasteiger partial charge in [0.2, 0.25) is 0 Å².